The van der Waals surface area contributed by atoms with Gasteiger partial charge in [-0.25, -0.2) is 13.3 Å². The molecule has 0 spiro atoms. The number of benzene rings is 1. The maximum Gasteiger partial charge on any atom is 0.259 e. The summed E-state index contributed by atoms with van der Waals surface area (Å²) in [5.74, 6) is -3.42. The van der Waals surface area contributed by atoms with Crippen LogP contribution in [0, 0.1) is 12.8 Å². The molecular formula is C23H24F2N8O2. The Morgan fingerprint density at radius 2 is 2.11 bits per heavy atom. The molecule has 1 aliphatic carbocycles. The summed E-state index contributed by atoms with van der Waals surface area (Å²) >= 11 is 0. The lowest BCUT2D eigenvalue weighted by molar-refractivity contribution is 0.0929. The Balaban J connectivity index is 1.33. The molecule has 1 amide bonds. The SMILES string of the molecule is COCCNc1ccn2ncc(C(=O)Nc3cc(-c4nnn(C[C@@H]5CC5(F)F)n4)ccc3C)c2c1. The number of halogens is 2. The lowest BCUT2D eigenvalue weighted by atomic mass is 10.1. The zero-order valence-electron chi connectivity index (χ0n) is 19.2. The van der Waals surface area contributed by atoms with Crippen LogP contribution < -0.4 is 10.6 Å². The number of nitrogens with one attached hydrogen (secondary N) is 2. The van der Waals surface area contributed by atoms with Crippen molar-refractivity contribution in [3.63, 3.8) is 0 Å². The van der Waals surface area contributed by atoms with Gasteiger partial charge in [-0.2, -0.15) is 9.90 Å². The molecule has 0 aliphatic heterocycles. The van der Waals surface area contributed by atoms with Gasteiger partial charge in [-0.3, -0.25) is 4.79 Å². The molecule has 0 radical (unpaired) electrons. The first-order valence-corrected chi connectivity index (χ1v) is 11.1. The number of methoxy groups -OCH3 is 1. The maximum absolute atomic E-state index is 13.2. The van der Waals surface area contributed by atoms with Gasteiger partial charge in [-0.1, -0.05) is 12.1 Å². The van der Waals surface area contributed by atoms with E-state index in [-0.39, 0.29) is 18.9 Å². The number of rotatable bonds is 9. The smallest absolute Gasteiger partial charge is 0.259 e. The summed E-state index contributed by atoms with van der Waals surface area (Å²) in [6.07, 6.45) is 3.14. The number of aromatic nitrogens is 6. The number of nitrogens with zero attached hydrogens (tertiary/aromatic N) is 6. The molecule has 0 bridgehead atoms. The van der Waals surface area contributed by atoms with Crippen molar-refractivity contribution in [2.45, 2.75) is 25.8 Å². The summed E-state index contributed by atoms with van der Waals surface area (Å²) in [5.41, 5.74) is 3.95. The normalized spacial score (nSPS) is 16.4. The maximum atomic E-state index is 13.2. The molecule has 1 fully saturated rings. The lowest BCUT2D eigenvalue weighted by Gasteiger charge is -2.10. The van der Waals surface area contributed by atoms with Gasteiger partial charge >= 0.3 is 0 Å². The van der Waals surface area contributed by atoms with Crippen LogP contribution in [0.2, 0.25) is 0 Å². The largest absolute Gasteiger partial charge is 0.383 e. The Hall–Kier alpha value is -3.93. The van der Waals surface area contributed by atoms with Crippen LogP contribution >= 0.6 is 0 Å². The first-order chi connectivity index (χ1) is 16.8. The Morgan fingerprint density at radius 3 is 2.89 bits per heavy atom. The Bertz CT molecular complexity index is 1380. The molecular weight excluding hydrogens is 458 g/mol. The molecule has 4 aromatic rings. The van der Waals surface area contributed by atoms with Crippen LogP contribution in [0.1, 0.15) is 22.3 Å². The van der Waals surface area contributed by atoms with Crippen LogP contribution in [0.15, 0.2) is 42.7 Å². The number of carbonyl (C=O) groups is 1. The topological polar surface area (TPSA) is 111 Å². The molecule has 1 atom stereocenters. The fourth-order valence-corrected chi connectivity index (χ4v) is 3.75. The van der Waals surface area contributed by atoms with E-state index in [2.05, 4.69) is 31.1 Å². The van der Waals surface area contributed by atoms with Crippen molar-refractivity contribution in [3.05, 3.63) is 53.9 Å². The molecule has 10 nitrogen and oxygen atoms in total. The molecule has 35 heavy (non-hydrogen) atoms. The highest BCUT2D eigenvalue weighted by Crippen LogP contribution is 2.49. The molecule has 0 unspecified atom stereocenters. The fourth-order valence-electron chi connectivity index (χ4n) is 3.75. The number of amides is 1. The number of alkyl halides is 2. The molecule has 182 valence electrons. The highest BCUT2D eigenvalue weighted by Gasteiger charge is 2.57. The van der Waals surface area contributed by atoms with E-state index in [9.17, 15) is 13.6 Å². The number of fused-ring (bicyclic) bond motifs is 1. The molecule has 1 saturated carbocycles. The number of hydrogen-bond donors (Lipinski definition) is 2. The number of tetrazole rings is 1. The third-order valence-electron chi connectivity index (χ3n) is 5.94. The summed E-state index contributed by atoms with van der Waals surface area (Å²) in [5, 5.41) is 22.5. The van der Waals surface area contributed by atoms with Gasteiger partial charge in [0.15, 0.2) is 0 Å². The van der Waals surface area contributed by atoms with Crippen LogP contribution in [-0.2, 0) is 11.3 Å². The molecule has 0 saturated heterocycles. The van der Waals surface area contributed by atoms with Crippen molar-refractivity contribution < 1.29 is 18.3 Å². The van der Waals surface area contributed by atoms with E-state index < -0.39 is 11.8 Å². The highest BCUT2D eigenvalue weighted by atomic mass is 19.3. The second kappa shape index (κ2) is 9.02. The quantitative estimate of drug-likeness (QED) is 0.352. The van der Waals surface area contributed by atoms with Crippen molar-refractivity contribution >= 4 is 22.8 Å². The second-order valence-electron chi connectivity index (χ2n) is 8.54. The zero-order chi connectivity index (χ0) is 24.6. The average Bonchev–Trinajstić information content (AvgIpc) is 3.18. The standard InChI is InChI=1S/C23H24F2N8O2/c1-14-3-4-15(21-29-31-33(30-21)13-16-11-23(16,24)25)9-19(14)28-22(34)18-12-27-32-7-5-17(10-20(18)32)26-6-8-35-2/h3-5,7,9-10,12,16,26H,6,8,11,13H2,1-2H3,(H,28,34)/t16-/m0/s1. The van der Waals surface area contributed by atoms with Gasteiger partial charge in [0.05, 0.1) is 30.4 Å². The van der Waals surface area contributed by atoms with Gasteiger partial charge in [-0.15, -0.1) is 10.2 Å². The fraction of sp³-hybridized carbons (Fsp3) is 0.348. The minimum Gasteiger partial charge on any atom is -0.383 e. The zero-order valence-corrected chi connectivity index (χ0v) is 19.2. The van der Waals surface area contributed by atoms with Gasteiger partial charge in [-0.05, 0) is 35.9 Å². The number of carbonyl (C=O) groups excluding carboxylic acids is 1. The van der Waals surface area contributed by atoms with Crippen molar-refractivity contribution in [2.75, 3.05) is 30.9 Å². The van der Waals surface area contributed by atoms with E-state index in [0.29, 0.717) is 41.3 Å². The van der Waals surface area contributed by atoms with Crippen molar-refractivity contribution in [2.24, 2.45) is 5.92 Å². The van der Waals surface area contributed by atoms with Gasteiger partial charge in [0.25, 0.3) is 11.8 Å². The molecule has 1 aliphatic rings. The van der Waals surface area contributed by atoms with E-state index in [1.54, 1.807) is 30.0 Å². The van der Waals surface area contributed by atoms with Crippen LogP contribution in [0.25, 0.3) is 16.9 Å². The van der Waals surface area contributed by atoms with E-state index in [1.807, 2.05) is 25.1 Å². The predicted octanol–water partition coefficient (Wildman–Crippen LogP) is 3.26. The summed E-state index contributed by atoms with van der Waals surface area (Å²) in [4.78, 5) is 14.3. The molecule has 5 rings (SSSR count). The third-order valence-corrected chi connectivity index (χ3v) is 5.94. The number of pyridine rings is 1. The first kappa shape index (κ1) is 22.8. The van der Waals surface area contributed by atoms with Crippen LogP contribution in [0.4, 0.5) is 20.2 Å². The van der Waals surface area contributed by atoms with E-state index in [1.165, 1.54) is 11.0 Å². The average molecular weight is 482 g/mol. The van der Waals surface area contributed by atoms with E-state index in [4.69, 9.17) is 4.74 Å². The molecule has 2 N–H and O–H groups in total. The molecule has 3 heterocycles. The van der Waals surface area contributed by atoms with E-state index in [0.717, 1.165) is 11.3 Å². The van der Waals surface area contributed by atoms with Gasteiger partial charge in [0.2, 0.25) is 5.82 Å². The minimum absolute atomic E-state index is 0.0203. The number of hydrogen-bond acceptors (Lipinski definition) is 7. The monoisotopic (exact) mass is 482 g/mol. The van der Waals surface area contributed by atoms with Crippen molar-refractivity contribution in [1.82, 2.24) is 29.8 Å². The van der Waals surface area contributed by atoms with E-state index >= 15 is 0 Å². The first-order valence-electron chi connectivity index (χ1n) is 11.1. The van der Waals surface area contributed by atoms with Crippen LogP contribution in [0.5, 0.6) is 0 Å². The summed E-state index contributed by atoms with van der Waals surface area (Å²) in [6.45, 7) is 3.08. The Morgan fingerprint density at radius 1 is 1.29 bits per heavy atom. The predicted molar refractivity (Wildman–Crippen MR) is 125 cm³/mol. The van der Waals surface area contributed by atoms with Crippen molar-refractivity contribution in [3.8, 4) is 11.4 Å². The van der Waals surface area contributed by atoms with Gasteiger partial charge in [0.1, 0.15) is 0 Å². The highest BCUT2D eigenvalue weighted by molar-refractivity contribution is 6.09. The van der Waals surface area contributed by atoms with Crippen molar-refractivity contribution in [1.29, 1.82) is 0 Å². The summed E-state index contributed by atoms with van der Waals surface area (Å²) in [7, 11) is 1.63. The van der Waals surface area contributed by atoms with Gasteiger partial charge < -0.3 is 15.4 Å². The second-order valence-corrected chi connectivity index (χ2v) is 8.54. The molecule has 12 heteroatoms. The number of anilines is 2. The number of aryl methyl sites for hydroxylation is 1. The minimum atomic E-state index is -2.64. The van der Waals surface area contributed by atoms with Crippen LogP contribution in [-0.4, -0.2) is 61.9 Å². The lowest BCUT2D eigenvalue weighted by Crippen LogP contribution is -2.13. The molecule has 1 aromatic carbocycles. The summed E-state index contributed by atoms with van der Waals surface area (Å²) < 4.78 is 33.1. The summed E-state index contributed by atoms with van der Waals surface area (Å²) in [6, 6.07) is 9.09. The Labute approximate surface area is 199 Å². The Kier molecular flexibility index (Phi) is 5.89. The van der Waals surface area contributed by atoms with Gasteiger partial charge in [0, 0.05) is 49.1 Å². The van der Waals surface area contributed by atoms with Crippen LogP contribution in [0.3, 0.4) is 0 Å². The number of ether oxygens (including phenoxy) is 1. The molecule has 3 aromatic heterocycles. The third kappa shape index (κ3) is 4.83.